The highest BCUT2D eigenvalue weighted by Gasteiger charge is 2.23. The van der Waals surface area contributed by atoms with E-state index in [4.69, 9.17) is 23.2 Å². The summed E-state index contributed by atoms with van der Waals surface area (Å²) in [5.41, 5.74) is -0.203. The zero-order valence-corrected chi connectivity index (χ0v) is 10.8. The number of hydrogen-bond acceptors (Lipinski definition) is 3. The Morgan fingerprint density at radius 2 is 2.06 bits per heavy atom. The molecule has 5 nitrogen and oxygen atoms in total. The van der Waals surface area contributed by atoms with Crippen molar-refractivity contribution in [3.8, 4) is 0 Å². The van der Waals surface area contributed by atoms with Crippen LogP contribution >= 0.6 is 23.2 Å². The van der Waals surface area contributed by atoms with Gasteiger partial charge in [-0.05, 0) is 25.3 Å². The molecule has 1 aliphatic carbocycles. The highest BCUT2D eigenvalue weighted by atomic mass is 35.5. The van der Waals surface area contributed by atoms with E-state index < -0.39 is 4.92 Å². The van der Waals surface area contributed by atoms with Gasteiger partial charge in [0.25, 0.3) is 11.6 Å². The molecule has 0 saturated heterocycles. The summed E-state index contributed by atoms with van der Waals surface area (Å²) >= 11 is 11.5. The van der Waals surface area contributed by atoms with E-state index in [1.165, 1.54) is 6.07 Å². The summed E-state index contributed by atoms with van der Waals surface area (Å²) in [5.74, 6) is -0.360. The monoisotopic (exact) mass is 288 g/mol. The molecule has 1 fully saturated rings. The predicted octanol–water partition coefficient (Wildman–Crippen LogP) is 3.18. The van der Waals surface area contributed by atoms with Crippen molar-refractivity contribution in [1.82, 2.24) is 5.32 Å². The molecule has 0 bridgehead atoms. The van der Waals surface area contributed by atoms with Crippen LogP contribution in [0.2, 0.25) is 10.0 Å². The van der Waals surface area contributed by atoms with Crippen LogP contribution in [0.25, 0.3) is 0 Å². The van der Waals surface area contributed by atoms with E-state index in [9.17, 15) is 14.9 Å². The van der Waals surface area contributed by atoms with Gasteiger partial charge >= 0.3 is 0 Å². The zero-order valence-electron chi connectivity index (χ0n) is 9.28. The first kappa shape index (κ1) is 13.1. The Bertz CT molecular complexity index is 515. The summed E-state index contributed by atoms with van der Waals surface area (Å²) in [7, 11) is 0. The molecule has 0 aromatic heterocycles. The van der Waals surface area contributed by atoms with Crippen molar-refractivity contribution in [1.29, 1.82) is 0 Å². The lowest BCUT2D eigenvalue weighted by molar-refractivity contribution is -0.384. The van der Waals surface area contributed by atoms with Crippen LogP contribution in [-0.2, 0) is 0 Å². The number of rotatable bonds is 3. The molecule has 0 spiro atoms. The van der Waals surface area contributed by atoms with Gasteiger partial charge in [0, 0.05) is 17.7 Å². The average molecular weight is 289 g/mol. The van der Waals surface area contributed by atoms with Gasteiger partial charge in [-0.15, -0.1) is 0 Å². The number of amides is 1. The average Bonchev–Trinajstić information content (AvgIpc) is 2.26. The summed E-state index contributed by atoms with van der Waals surface area (Å²) in [4.78, 5) is 22.0. The highest BCUT2D eigenvalue weighted by Crippen LogP contribution is 2.33. The number of nitrogens with one attached hydrogen (secondary N) is 1. The van der Waals surface area contributed by atoms with Crippen molar-refractivity contribution < 1.29 is 9.72 Å². The van der Waals surface area contributed by atoms with Crippen LogP contribution in [0.5, 0.6) is 0 Å². The molecule has 1 aromatic carbocycles. The molecule has 0 atom stereocenters. The molecule has 1 saturated carbocycles. The molecule has 1 aliphatic rings. The van der Waals surface area contributed by atoms with E-state index in [1.807, 2.05) is 0 Å². The third kappa shape index (κ3) is 2.57. The Kier molecular flexibility index (Phi) is 3.73. The van der Waals surface area contributed by atoms with Crippen molar-refractivity contribution in [3.05, 3.63) is 37.9 Å². The van der Waals surface area contributed by atoms with Gasteiger partial charge in [0.1, 0.15) is 5.02 Å². The number of benzene rings is 1. The number of halogens is 2. The summed E-state index contributed by atoms with van der Waals surface area (Å²) in [6.07, 6.45) is 2.97. The van der Waals surface area contributed by atoms with E-state index in [0.717, 1.165) is 25.3 Å². The zero-order chi connectivity index (χ0) is 13.3. The van der Waals surface area contributed by atoms with Crippen LogP contribution in [0.15, 0.2) is 12.1 Å². The van der Waals surface area contributed by atoms with Gasteiger partial charge in [0.15, 0.2) is 0 Å². The van der Waals surface area contributed by atoms with Gasteiger partial charge in [0.05, 0.1) is 9.95 Å². The summed E-state index contributed by atoms with van der Waals surface area (Å²) in [6, 6.07) is 2.64. The second kappa shape index (κ2) is 5.12. The topological polar surface area (TPSA) is 72.2 Å². The van der Waals surface area contributed by atoms with Crippen molar-refractivity contribution >= 4 is 34.8 Å². The normalized spacial score (nSPS) is 15.0. The van der Waals surface area contributed by atoms with Gasteiger partial charge in [-0.25, -0.2) is 0 Å². The van der Waals surface area contributed by atoms with Crippen LogP contribution in [0.1, 0.15) is 29.6 Å². The fourth-order valence-corrected chi connectivity index (χ4v) is 2.05. The molecule has 96 valence electrons. The molecule has 1 N–H and O–H groups in total. The van der Waals surface area contributed by atoms with Gasteiger partial charge < -0.3 is 5.32 Å². The van der Waals surface area contributed by atoms with Crippen LogP contribution in [0.4, 0.5) is 5.69 Å². The summed E-state index contributed by atoms with van der Waals surface area (Å²) in [5, 5.41) is 13.4. The van der Waals surface area contributed by atoms with Gasteiger partial charge in [-0.1, -0.05) is 23.2 Å². The molecular weight excluding hydrogens is 279 g/mol. The van der Waals surface area contributed by atoms with Crippen LogP contribution in [0.3, 0.4) is 0 Å². The third-order valence-electron chi connectivity index (χ3n) is 2.91. The number of nitro benzene ring substituents is 1. The molecule has 1 amide bonds. The van der Waals surface area contributed by atoms with Crippen molar-refractivity contribution in [2.45, 2.75) is 25.3 Å². The van der Waals surface area contributed by atoms with Gasteiger partial charge in [-0.2, -0.15) is 0 Å². The molecule has 0 radical (unpaired) electrons. The second-order valence-corrected chi connectivity index (χ2v) is 4.93. The molecule has 1 aromatic rings. The number of hydrogen-bond donors (Lipinski definition) is 1. The number of carbonyl (C=O) groups excluding carboxylic acids is 1. The Hall–Kier alpha value is -1.33. The van der Waals surface area contributed by atoms with E-state index in [-0.39, 0.29) is 33.2 Å². The Morgan fingerprint density at radius 3 is 2.56 bits per heavy atom. The van der Waals surface area contributed by atoms with E-state index in [2.05, 4.69) is 5.32 Å². The molecule has 18 heavy (non-hydrogen) atoms. The lowest BCUT2D eigenvalue weighted by Gasteiger charge is -2.26. The molecule has 0 heterocycles. The predicted molar refractivity (Wildman–Crippen MR) is 68.2 cm³/mol. The maximum Gasteiger partial charge on any atom is 0.290 e. The lowest BCUT2D eigenvalue weighted by Crippen LogP contribution is -2.39. The maximum absolute atomic E-state index is 11.9. The minimum Gasteiger partial charge on any atom is -0.349 e. The van der Waals surface area contributed by atoms with E-state index >= 15 is 0 Å². The minimum absolute atomic E-state index is 0.00428. The summed E-state index contributed by atoms with van der Waals surface area (Å²) < 4.78 is 0. The summed E-state index contributed by atoms with van der Waals surface area (Å²) in [6.45, 7) is 0. The Labute approximate surface area is 113 Å². The van der Waals surface area contributed by atoms with E-state index in [0.29, 0.717) is 0 Å². The first-order valence-corrected chi connectivity index (χ1v) is 6.19. The SMILES string of the molecule is O=C(NC1CCC1)c1cc(Cl)c(Cl)c([N+](=O)[O-])c1. The number of carbonyl (C=O) groups is 1. The van der Waals surface area contributed by atoms with Crippen LogP contribution in [0, 0.1) is 10.1 Å². The van der Waals surface area contributed by atoms with Crippen molar-refractivity contribution in [2.75, 3.05) is 0 Å². The Morgan fingerprint density at radius 1 is 1.39 bits per heavy atom. The molecule has 0 aliphatic heterocycles. The fraction of sp³-hybridized carbons (Fsp3) is 0.364. The standard InChI is InChI=1S/C11H10Cl2N2O3/c12-8-4-6(5-9(10(8)13)15(17)18)11(16)14-7-2-1-3-7/h4-5,7H,1-3H2,(H,14,16). The molecule has 7 heteroatoms. The largest absolute Gasteiger partial charge is 0.349 e. The lowest BCUT2D eigenvalue weighted by atomic mass is 9.93. The van der Waals surface area contributed by atoms with Crippen LogP contribution < -0.4 is 5.32 Å². The number of nitro groups is 1. The first-order chi connectivity index (χ1) is 8.49. The quantitative estimate of drug-likeness (QED) is 0.686. The maximum atomic E-state index is 11.9. The molecule has 0 unspecified atom stereocenters. The molecular formula is C11H10Cl2N2O3. The first-order valence-electron chi connectivity index (χ1n) is 5.43. The van der Waals surface area contributed by atoms with Crippen LogP contribution in [-0.4, -0.2) is 16.9 Å². The van der Waals surface area contributed by atoms with E-state index in [1.54, 1.807) is 0 Å². The van der Waals surface area contributed by atoms with Gasteiger partial charge in [0.2, 0.25) is 0 Å². The Balaban J connectivity index is 2.27. The smallest absolute Gasteiger partial charge is 0.290 e. The van der Waals surface area contributed by atoms with Gasteiger partial charge in [-0.3, -0.25) is 14.9 Å². The third-order valence-corrected chi connectivity index (χ3v) is 3.70. The number of nitrogens with zero attached hydrogens (tertiary/aromatic N) is 1. The molecule has 2 rings (SSSR count). The van der Waals surface area contributed by atoms with Crippen molar-refractivity contribution in [3.63, 3.8) is 0 Å². The second-order valence-electron chi connectivity index (χ2n) is 4.15. The fourth-order valence-electron chi connectivity index (χ4n) is 1.66. The minimum atomic E-state index is -0.658. The highest BCUT2D eigenvalue weighted by molar-refractivity contribution is 6.43. The van der Waals surface area contributed by atoms with Crippen molar-refractivity contribution in [2.24, 2.45) is 0 Å².